The molecule has 1 atom stereocenters. The van der Waals surface area contributed by atoms with Crippen LogP contribution in [0, 0.1) is 11.7 Å². The van der Waals surface area contributed by atoms with Gasteiger partial charge in [0.1, 0.15) is 5.82 Å². The molecule has 0 aliphatic heterocycles. The zero-order valence-electron chi connectivity index (χ0n) is 13.8. The number of hydrogen-bond donors (Lipinski definition) is 2. The molecule has 0 aliphatic rings. The molecule has 0 saturated heterocycles. The van der Waals surface area contributed by atoms with Gasteiger partial charge in [0.15, 0.2) is 0 Å². The third-order valence-corrected chi connectivity index (χ3v) is 5.51. The van der Waals surface area contributed by atoms with Gasteiger partial charge in [-0.15, -0.1) is 0 Å². The van der Waals surface area contributed by atoms with Crippen LogP contribution in [0.4, 0.5) is 4.39 Å². The first kappa shape index (κ1) is 20.0. The van der Waals surface area contributed by atoms with E-state index in [4.69, 9.17) is 5.73 Å². The molecule has 0 saturated carbocycles. The minimum absolute atomic E-state index is 0.0387. The molecule has 0 radical (unpaired) electrons. The molecule has 1 aromatic rings. The van der Waals surface area contributed by atoms with Gasteiger partial charge in [-0.3, -0.25) is 0 Å². The van der Waals surface area contributed by atoms with Crippen LogP contribution in [0.25, 0.3) is 0 Å². The molecule has 132 valence electrons. The van der Waals surface area contributed by atoms with Gasteiger partial charge in [0.2, 0.25) is 10.0 Å². The fourth-order valence-corrected chi connectivity index (χ4v) is 4.21. The SMILES string of the molecule is CC(C)CN(C(CO)CCCCN)S(=O)(=O)c1ccc(F)cc1. The third kappa shape index (κ3) is 5.84. The van der Waals surface area contributed by atoms with Crippen LogP contribution in [0.2, 0.25) is 0 Å². The number of sulfonamides is 1. The number of halogens is 1. The molecule has 7 heteroatoms. The largest absolute Gasteiger partial charge is 0.395 e. The lowest BCUT2D eigenvalue weighted by molar-refractivity contribution is 0.168. The quantitative estimate of drug-likeness (QED) is 0.634. The monoisotopic (exact) mass is 346 g/mol. The number of hydrogen-bond acceptors (Lipinski definition) is 4. The van der Waals surface area contributed by atoms with E-state index in [0.29, 0.717) is 19.5 Å². The summed E-state index contributed by atoms with van der Waals surface area (Å²) in [6.45, 7) is 4.42. The molecule has 1 aromatic carbocycles. The van der Waals surface area contributed by atoms with Crippen molar-refractivity contribution >= 4 is 10.0 Å². The van der Waals surface area contributed by atoms with Crippen molar-refractivity contribution in [3.63, 3.8) is 0 Å². The molecular weight excluding hydrogens is 319 g/mol. The van der Waals surface area contributed by atoms with Crippen molar-refractivity contribution in [2.75, 3.05) is 19.7 Å². The van der Waals surface area contributed by atoms with Gasteiger partial charge in [-0.2, -0.15) is 4.31 Å². The van der Waals surface area contributed by atoms with E-state index in [2.05, 4.69) is 0 Å². The van der Waals surface area contributed by atoms with Crippen LogP contribution in [-0.4, -0.2) is 43.6 Å². The van der Waals surface area contributed by atoms with E-state index in [1.54, 1.807) is 0 Å². The van der Waals surface area contributed by atoms with Gasteiger partial charge in [-0.05, 0) is 49.6 Å². The van der Waals surface area contributed by atoms with Crippen LogP contribution >= 0.6 is 0 Å². The summed E-state index contributed by atoms with van der Waals surface area (Å²) in [7, 11) is -3.79. The number of aliphatic hydroxyl groups is 1. The second-order valence-corrected chi connectivity index (χ2v) is 7.93. The van der Waals surface area contributed by atoms with Crippen molar-refractivity contribution in [2.24, 2.45) is 11.7 Å². The second-order valence-electron chi connectivity index (χ2n) is 6.04. The standard InChI is InChI=1S/C16H27FN2O3S/c1-13(2)11-19(15(12-20)5-3-4-10-18)23(21,22)16-8-6-14(17)7-9-16/h6-9,13,15,20H,3-5,10-12,18H2,1-2H3. The lowest BCUT2D eigenvalue weighted by Crippen LogP contribution is -2.44. The average Bonchev–Trinajstić information content (AvgIpc) is 2.50. The molecule has 1 unspecified atom stereocenters. The van der Waals surface area contributed by atoms with Crippen molar-refractivity contribution in [3.05, 3.63) is 30.1 Å². The van der Waals surface area contributed by atoms with E-state index >= 15 is 0 Å². The Morgan fingerprint density at radius 2 is 1.83 bits per heavy atom. The van der Waals surface area contributed by atoms with Gasteiger partial charge in [0.05, 0.1) is 11.5 Å². The third-order valence-electron chi connectivity index (χ3n) is 3.57. The Hall–Kier alpha value is -1.02. The summed E-state index contributed by atoms with van der Waals surface area (Å²) in [6.07, 6.45) is 2.07. The van der Waals surface area contributed by atoms with Crippen molar-refractivity contribution in [1.29, 1.82) is 0 Å². The highest BCUT2D eigenvalue weighted by atomic mass is 32.2. The second kappa shape index (κ2) is 9.32. The van der Waals surface area contributed by atoms with Crippen molar-refractivity contribution in [3.8, 4) is 0 Å². The van der Waals surface area contributed by atoms with Gasteiger partial charge >= 0.3 is 0 Å². The molecule has 0 fully saturated rings. The molecule has 5 nitrogen and oxygen atoms in total. The van der Waals surface area contributed by atoms with Gasteiger partial charge < -0.3 is 10.8 Å². The summed E-state index contributed by atoms with van der Waals surface area (Å²) in [4.78, 5) is 0.0387. The molecule has 1 rings (SSSR count). The van der Waals surface area contributed by atoms with Gasteiger partial charge in [-0.1, -0.05) is 20.3 Å². The highest BCUT2D eigenvalue weighted by Gasteiger charge is 2.31. The van der Waals surface area contributed by atoms with Crippen molar-refractivity contribution in [1.82, 2.24) is 4.31 Å². The van der Waals surface area contributed by atoms with Gasteiger partial charge in [0, 0.05) is 12.6 Å². The van der Waals surface area contributed by atoms with Crippen LogP contribution in [0.5, 0.6) is 0 Å². The zero-order valence-corrected chi connectivity index (χ0v) is 14.6. The Balaban J connectivity index is 3.09. The molecule has 0 spiro atoms. The Morgan fingerprint density at radius 3 is 2.30 bits per heavy atom. The highest BCUT2D eigenvalue weighted by molar-refractivity contribution is 7.89. The number of nitrogens with zero attached hydrogens (tertiary/aromatic N) is 1. The summed E-state index contributed by atoms with van der Waals surface area (Å²) in [5.74, 6) is -0.380. The van der Waals surface area contributed by atoms with Crippen LogP contribution in [0.3, 0.4) is 0 Å². The van der Waals surface area contributed by atoms with E-state index in [1.165, 1.54) is 16.4 Å². The lowest BCUT2D eigenvalue weighted by Gasteiger charge is -2.31. The first-order chi connectivity index (χ1) is 10.8. The van der Waals surface area contributed by atoms with Gasteiger partial charge in [0.25, 0.3) is 0 Å². The molecule has 0 aliphatic carbocycles. The Labute approximate surface area is 138 Å². The van der Waals surface area contributed by atoms with E-state index in [1.807, 2.05) is 13.8 Å². The predicted molar refractivity (Wildman–Crippen MR) is 88.9 cm³/mol. The molecular formula is C16H27FN2O3S. The Kier molecular flexibility index (Phi) is 8.11. The average molecular weight is 346 g/mol. The number of rotatable bonds is 10. The number of benzene rings is 1. The first-order valence-electron chi connectivity index (χ1n) is 7.91. The summed E-state index contributed by atoms with van der Waals surface area (Å²) in [5, 5.41) is 9.67. The summed E-state index contributed by atoms with van der Waals surface area (Å²) < 4.78 is 40.2. The maximum Gasteiger partial charge on any atom is 0.243 e. The maximum absolute atomic E-state index is 13.1. The van der Waals surface area contributed by atoms with Crippen LogP contribution in [0.15, 0.2) is 29.2 Å². The molecule has 3 N–H and O–H groups in total. The van der Waals surface area contributed by atoms with E-state index in [0.717, 1.165) is 25.0 Å². The number of aliphatic hydroxyl groups excluding tert-OH is 1. The molecule has 0 bridgehead atoms. The summed E-state index contributed by atoms with van der Waals surface area (Å²) in [5.41, 5.74) is 5.47. The summed E-state index contributed by atoms with van der Waals surface area (Å²) >= 11 is 0. The smallest absolute Gasteiger partial charge is 0.243 e. The topological polar surface area (TPSA) is 83.6 Å². The highest BCUT2D eigenvalue weighted by Crippen LogP contribution is 2.22. The minimum atomic E-state index is -3.79. The number of nitrogens with two attached hydrogens (primary N) is 1. The van der Waals surface area contributed by atoms with Crippen LogP contribution in [-0.2, 0) is 10.0 Å². The normalized spacial score (nSPS) is 13.7. The van der Waals surface area contributed by atoms with Crippen molar-refractivity contribution < 1.29 is 17.9 Å². The summed E-state index contributed by atoms with van der Waals surface area (Å²) in [6, 6.07) is 4.27. The molecule has 23 heavy (non-hydrogen) atoms. The first-order valence-corrected chi connectivity index (χ1v) is 9.35. The predicted octanol–water partition coefficient (Wildman–Crippen LogP) is 1.96. The lowest BCUT2D eigenvalue weighted by atomic mass is 10.1. The number of unbranched alkanes of at least 4 members (excludes halogenated alkanes) is 1. The fraction of sp³-hybridized carbons (Fsp3) is 0.625. The Bertz CT molecular complexity index is 561. The van der Waals surface area contributed by atoms with E-state index < -0.39 is 21.9 Å². The van der Waals surface area contributed by atoms with Crippen LogP contribution < -0.4 is 5.73 Å². The fourth-order valence-electron chi connectivity index (χ4n) is 2.40. The molecule has 0 heterocycles. The van der Waals surface area contributed by atoms with Crippen LogP contribution in [0.1, 0.15) is 33.1 Å². The van der Waals surface area contributed by atoms with E-state index in [-0.39, 0.29) is 17.4 Å². The molecule has 0 amide bonds. The molecule has 0 aromatic heterocycles. The maximum atomic E-state index is 13.1. The van der Waals surface area contributed by atoms with Crippen molar-refractivity contribution in [2.45, 2.75) is 44.0 Å². The van der Waals surface area contributed by atoms with E-state index in [9.17, 15) is 17.9 Å². The van der Waals surface area contributed by atoms with Gasteiger partial charge in [-0.25, -0.2) is 12.8 Å². The Morgan fingerprint density at radius 1 is 1.22 bits per heavy atom. The zero-order chi connectivity index (χ0) is 17.5. The minimum Gasteiger partial charge on any atom is -0.395 e.